The zero-order valence-corrected chi connectivity index (χ0v) is 23.2. The van der Waals surface area contributed by atoms with Crippen molar-refractivity contribution in [3.8, 4) is 11.5 Å². The number of piperidine rings is 1. The summed E-state index contributed by atoms with van der Waals surface area (Å²) in [7, 11) is 0. The zero-order valence-electron chi connectivity index (χ0n) is 23.2. The molecule has 0 bridgehead atoms. The molecule has 2 saturated heterocycles. The van der Waals surface area contributed by atoms with Crippen molar-refractivity contribution in [3.05, 3.63) is 47.8 Å². The minimum Gasteiger partial charge on any atom is -0.491 e. The lowest BCUT2D eigenvalue weighted by Gasteiger charge is -2.27. The van der Waals surface area contributed by atoms with E-state index in [2.05, 4.69) is 15.4 Å². The topological polar surface area (TPSA) is 132 Å². The number of hydrogen-bond donors (Lipinski definition) is 3. The predicted octanol–water partition coefficient (Wildman–Crippen LogP) is 2.46. The molecule has 0 aromatic heterocycles. The molecular formula is C29H31F4N4O6+. The molecule has 0 spiro atoms. The second kappa shape index (κ2) is 12.2. The van der Waals surface area contributed by atoms with Crippen molar-refractivity contribution in [2.75, 3.05) is 30.4 Å². The summed E-state index contributed by atoms with van der Waals surface area (Å²) in [6.07, 6.45) is -2.25. The molecular weight excluding hydrogens is 576 g/mol. The van der Waals surface area contributed by atoms with Crippen LogP contribution in [0.1, 0.15) is 38.2 Å². The number of nitrogens with two attached hydrogens (primary N) is 1. The SMILES string of the molecule is CC(=O)C(=[NH2+])c1cc(OCC2CCCO2)ccc1NCC(=O)N1[C@@H]2CC2C[C@H]1C(=O)Nc1cccc(OC(F)(F)F)c1F. The summed E-state index contributed by atoms with van der Waals surface area (Å²) in [6, 6.07) is 6.78. The van der Waals surface area contributed by atoms with Crippen LogP contribution >= 0.6 is 0 Å². The molecule has 4 N–H and O–H groups in total. The van der Waals surface area contributed by atoms with Gasteiger partial charge >= 0.3 is 6.36 Å². The first-order valence-electron chi connectivity index (χ1n) is 13.8. The van der Waals surface area contributed by atoms with E-state index < -0.39 is 41.5 Å². The molecule has 14 heteroatoms. The van der Waals surface area contributed by atoms with E-state index in [9.17, 15) is 31.9 Å². The molecule has 43 heavy (non-hydrogen) atoms. The second-order valence-electron chi connectivity index (χ2n) is 10.7. The fourth-order valence-electron chi connectivity index (χ4n) is 5.48. The molecule has 4 atom stereocenters. The first-order valence-corrected chi connectivity index (χ1v) is 13.8. The Bertz CT molecular complexity index is 1430. The molecule has 2 aromatic rings. The molecule has 3 fully saturated rings. The Morgan fingerprint density at radius 3 is 2.63 bits per heavy atom. The lowest BCUT2D eigenvalue weighted by molar-refractivity contribution is -0.275. The minimum absolute atomic E-state index is 0.0153. The summed E-state index contributed by atoms with van der Waals surface area (Å²) < 4.78 is 67.5. The van der Waals surface area contributed by atoms with Crippen molar-refractivity contribution in [3.63, 3.8) is 0 Å². The van der Waals surface area contributed by atoms with E-state index in [4.69, 9.17) is 14.9 Å². The summed E-state index contributed by atoms with van der Waals surface area (Å²) in [5.74, 6) is -3.44. The lowest BCUT2D eigenvalue weighted by atomic mass is 10.0. The van der Waals surface area contributed by atoms with Crippen LogP contribution in [0.4, 0.5) is 28.9 Å². The number of fused-ring (bicyclic) bond motifs is 1. The largest absolute Gasteiger partial charge is 0.573 e. The number of ketones is 1. The summed E-state index contributed by atoms with van der Waals surface area (Å²) in [5, 5.41) is 11.4. The van der Waals surface area contributed by atoms with Crippen molar-refractivity contribution < 1.29 is 51.6 Å². The number of carbonyl (C=O) groups is 3. The van der Waals surface area contributed by atoms with Crippen LogP contribution in [0.15, 0.2) is 36.4 Å². The number of benzene rings is 2. The Hall–Kier alpha value is -4.20. The number of rotatable bonds is 11. The Balaban J connectivity index is 1.25. The van der Waals surface area contributed by atoms with Crippen molar-refractivity contribution in [1.82, 2.24) is 4.90 Å². The summed E-state index contributed by atoms with van der Waals surface area (Å²) in [5.41, 5.74) is 0.222. The summed E-state index contributed by atoms with van der Waals surface area (Å²) in [4.78, 5) is 40.0. The number of alkyl halides is 3. The van der Waals surface area contributed by atoms with Crippen molar-refractivity contribution >= 4 is 34.7 Å². The number of hydrogen-bond acceptors (Lipinski definition) is 7. The lowest BCUT2D eigenvalue weighted by Crippen LogP contribution is -2.48. The molecule has 2 unspecified atom stereocenters. The van der Waals surface area contributed by atoms with Crippen LogP contribution in [0.5, 0.6) is 11.5 Å². The Morgan fingerprint density at radius 1 is 1.14 bits per heavy atom. The van der Waals surface area contributed by atoms with Gasteiger partial charge in [0.2, 0.25) is 23.3 Å². The number of carbonyl (C=O) groups excluding carboxylic acids is 3. The number of nitrogens with zero attached hydrogens (tertiary/aromatic N) is 1. The molecule has 5 rings (SSSR count). The Labute approximate surface area is 244 Å². The normalized spacial score (nSPS) is 22.5. The molecule has 0 radical (unpaired) electrons. The average Bonchev–Trinajstić information content (AvgIpc) is 3.33. The van der Waals surface area contributed by atoms with Crippen LogP contribution < -0.4 is 25.5 Å². The number of nitrogens with one attached hydrogen (secondary N) is 2. The van der Waals surface area contributed by atoms with Gasteiger partial charge in [0.15, 0.2) is 11.6 Å². The van der Waals surface area contributed by atoms with Gasteiger partial charge in [-0.1, -0.05) is 6.07 Å². The van der Waals surface area contributed by atoms with E-state index in [0.717, 1.165) is 31.0 Å². The van der Waals surface area contributed by atoms with E-state index in [0.29, 0.717) is 43.1 Å². The highest BCUT2D eigenvalue weighted by Gasteiger charge is 2.56. The summed E-state index contributed by atoms with van der Waals surface area (Å²) in [6.45, 7) is 2.10. The zero-order chi connectivity index (χ0) is 30.9. The maximum absolute atomic E-state index is 14.6. The van der Waals surface area contributed by atoms with Crippen molar-refractivity contribution in [2.24, 2.45) is 5.92 Å². The second-order valence-corrected chi connectivity index (χ2v) is 10.7. The van der Waals surface area contributed by atoms with Gasteiger partial charge in [0.25, 0.3) is 0 Å². The maximum atomic E-state index is 14.6. The van der Waals surface area contributed by atoms with Gasteiger partial charge < -0.3 is 29.7 Å². The fourth-order valence-corrected chi connectivity index (χ4v) is 5.48. The Kier molecular flexibility index (Phi) is 8.58. The Morgan fingerprint density at radius 2 is 1.93 bits per heavy atom. The number of Topliss-reactive ketones (excluding diaryl/α,β-unsaturated/α-hetero) is 1. The third kappa shape index (κ3) is 7.07. The van der Waals surface area contributed by atoms with E-state index in [1.165, 1.54) is 11.8 Å². The molecule has 3 aliphatic rings. The van der Waals surface area contributed by atoms with E-state index in [-0.39, 0.29) is 36.1 Å². The molecule has 2 aromatic carbocycles. The smallest absolute Gasteiger partial charge is 0.491 e. The first kappa shape index (κ1) is 30.3. The van der Waals surface area contributed by atoms with Crippen LogP contribution in [0.3, 0.4) is 0 Å². The van der Waals surface area contributed by atoms with Gasteiger partial charge in [-0.15, -0.1) is 13.2 Å². The third-order valence-corrected chi connectivity index (χ3v) is 7.69. The highest BCUT2D eigenvalue weighted by Crippen LogP contribution is 2.48. The van der Waals surface area contributed by atoms with Gasteiger partial charge in [-0.3, -0.25) is 19.8 Å². The highest BCUT2D eigenvalue weighted by molar-refractivity contribution is 6.44. The van der Waals surface area contributed by atoms with Crippen molar-refractivity contribution in [1.29, 1.82) is 0 Å². The standard InChI is InChI=1S/C29H30F4N4O6/c1-15(38)27(34)19-12-17(42-14-18-4-3-9-41-18)7-8-20(19)35-13-25(39)37-22-10-16(22)11-23(37)28(40)36-21-5-2-6-24(26(21)30)43-29(31,32)33/h2,5-8,12,16,18,22-23,34-35H,3-4,9-11,13-14H2,1H3,(H,36,40)/p+1/t16?,18?,22-,23+/m1/s1. The summed E-state index contributed by atoms with van der Waals surface area (Å²) >= 11 is 0. The first-order chi connectivity index (χ1) is 20.4. The quantitative estimate of drug-likeness (QED) is 0.264. The van der Waals surface area contributed by atoms with Gasteiger partial charge in [0.1, 0.15) is 18.4 Å². The number of amides is 2. The number of anilines is 2. The number of ether oxygens (including phenoxy) is 3. The van der Waals surface area contributed by atoms with E-state index in [1.807, 2.05) is 0 Å². The van der Waals surface area contributed by atoms with Gasteiger partial charge in [-0.05, 0) is 61.9 Å². The monoisotopic (exact) mass is 607 g/mol. The molecule has 2 aliphatic heterocycles. The number of likely N-dealkylation sites (tertiary alicyclic amines) is 1. The van der Waals surface area contributed by atoms with Gasteiger partial charge in [0.05, 0.1) is 23.9 Å². The maximum Gasteiger partial charge on any atom is 0.573 e. The highest BCUT2D eigenvalue weighted by atomic mass is 19.4. The van der Waals surface area contributed by atoms with Gasteiger partial charge in [-0.2, -0.15) is 0 Å². The van der Waals surface area contributed by atoms with Crippen LogP contribution in [0, 0.1) is 11.7 Å². The van der Waals surface area contributed by atoms with Crippen LogP contribution in [0.2, 0.25) is 0 Å². The fraction of sp³-hybridized carbons (Fsp3) is 0.448. The van der Waals surface area contributed by atoms with Gasteiger partial charge in [-0.25, -0.2) is 4.39 Å². The van der Waals surface area contributed by atoms with E-state index >= 15 is 0 Å². The molecule has 10 nitrogen and oxygen atoms in total. The van der Waals surface area contributed by atoms with Gasteiger partial charge in [0, 0.05) is 25.3 Å². The average molecular weight is 608 g/mol. The number of halogens is 4. The van der Waals surface area contributed by atoms with Crippen LogP contribution in [-0.2, 0) is 19.1 Å². The molecule has 1 saturated carbocycles. The van der Waals surface area contributed by atoms with Crippen molar-refractivity contribution in [2.45, 2.75) is 57.2 Å². The molecule has 2 heterocycles. The minimum atomic E-state index is -5.11. The van der Waals surface area contributed by atoms with Crippen LogP contribution in [-0.4, -0.2) is 72.5 Å². The van der Waals surface area contributed by atoms with Crippen LogP contribution in [0.25, 0.3) is 0 Å². The molecule has 1 aliphatic carbocycles. The van der Waals surface area contributed by atoms with E-state index in [1.54, 1.807) is 18.2 Å². The molecule has 2 amide bonds. The third-order valence-electron chi connectivity index (χ3n) is 7.69. The molecule has 230 valence electrons. The predicted molar refractivity (Wildman–Crippen MR) is 145 cm³/mol.